The summed E-state index contributed by atoms with van der Waals surface area (Å²) in [5.41, 5.74) is 0.341. The molecule has 0 aliphatic carbocycles. The number of halogens is 3. The van der Waals surface area contributed by atoms with Crippen LogP contribution in [0.3, 0.4) is 0 Å². The molecular weight excluding hydrogens is 309 g/mol. The Kier molecular flexibility index (Phi) is 7.59. The minimum absolute atomic E-state index is 0.594. The lowest BCUT2D eigenvalue weighted by Gasteiger charge is -2.25. The standard InChI is InChI=1S/C16H25F3O2Si/c1-4-20-22(3,21-5-2)13-7-6-8-14-9-11-15(12-10-14)16(17,18)19/h9-12H,4-8,13H2,1-3H3. The smallest absolute Gasteiger partial charge is 0.395 e. The number of hydrogen-bond acceptors (Lipinski definition) is 2. The monoisotopic (exact) mass is 334 g/mol. The highest BCUT2D eigenvalue weighted by molar-refractivity contribution is 6.66. The normalized spacial score (nSPS) is 12.6. The summed E-state index contributed by atoms with van der Waals surface area (Å²) in [6.45, 7) is 7.31. The van der Waals surface area contributed by atoms with Gasteiger partial charge in [0.15, 0.2) is 0 Å². The van der Waals surface area contributed by atoms with Gasteiger partial charge in [0.05, 0.1) is 5.56 Å². The molecule has 2 nitrogen and oxygen atoms in total. The summed E-state index contributed by atoms with van der Waals surface area (Å²) in [6.07, 6.45) is -1.60. The zero-order valence-electron chi connectivity index (χ0n) is 13.5. The van der Waals surface area contributed by atoms with Gasteiger partial charge in [-0.25, -0.2) is 0 Å². The molecule has 6 heteroatoms. The zero-order chi connectivity index (χ0) is 16.6. The van der Waals surface area contributed by atoms with Gasteiger partial charge in [0.25, 0.3) is 0 Å². The first-order valence-corrected chi connectivity index (χ1v) is 10.3. The molecule has 1 rings (SSSR count). The number of rotatable bonds is 9. The summed E-state index contributed by atoms with van der Waals surface area (Å²) in [5, 5.41) is 0. The van der Waals surface area contributed by atoms with E-state index in [1.165, 1.54) is 0 Å². The summed E-state index contributed by atoms with van der Waals surface area (Å²) in [7, 11) is -2.07. The Hall–Kier alpha value is -0.853. The Morgan fingerprint density at radius 1 is 0.955 bits per heavy atom. The van der Waals surface area contributed by atoms with Crippen LogP contribution in [-0.4, -0.2) is 21.8 Å². The molecule has 0 radical (unpaired) electrons. The van der Waals surface area contributed by atoms with Crippen LogP contribution in [0, 0.1) is 0 Å². The Morgan fingerprint density at radius 2 is 1.50 bits per heavy atom. The lowest BCUT2D eigenvalue weighted by atomic mass is 10.1. The van der Waals surface area contributed by atoms with Crippen LogP contribution in [0.5, 0.6) is 0 Å². The number of unbranched alkanes of at least 4 members (excludes halogenated alkanes) is 1. The van der Waals surface area contributed by atoms with Crippen LogP contribution in [0.1, 0.15) is 37.8 Å². The molecule has 0 atom stereocenters. The van der Waals surface area contributed by atoms with Crippen LogP contribution in [-0.2, 0) is 21.4 Å². The fourth-order valence-corrected chi connectivity index (χ4v) is 4.92. The van der Waals surface area contributed by atoms with Crippen LogP contribution < -0.4 is 0 Å². The fourth-order valence-electron chi connectivity index (χ4n) is 2.43. The van der Waals surface area contributed by atoms with Crippen molar-refractivity contribution in [1.29, 1.82) is 0 Å². The largest absolute Gasteiger partial charge is 0.416 e. The predicted octanol–water partition coefficient (Wildman–Crippen LogP) is 5.17. The first-order valence-electron chi connectivity index (χ1n) is 7.75. The van der Waals surface area contributed by atoms with E-state index in [4.69, 9.17) is 8.85 Å². The highest BCUT2D eigenvalue weighted by Crippen LogP contribution is 2.29. The molecule has 0 fully saturated rings. The third-order valence-corrected chi connectivity index (χ3v) is 6.59. The van der Waals surface area contributed by atoms with E-state index in [-0.39, 0.29) is 0 Å². The van der Waals surface area contributed by atoms with Crippen molar-refractivity contribution in [3.8, 4) is 0 Å². The van der Waals surface area contributed by atoms with E-state index >= 15 is 0 Å². The molecule has 1 aromatic carbocycles. The van der Waals surface area contributed by atoms with Crippen LogP contribution in [0.4, 0.5) is 13.2 Å². The highest BCUT2D eigenvalue weighted by Gasteiger charge is 2.30. The molecule has 0 saturated heterocycles. The fraction of sp³-hybridized carbons (Fsp3) is 0.625. The molecule has 0 N–H and O–H groups in total. The molecule has 0 bridgehead atoms. The Bertz CT molecular complexity index is 426. The second-order valence-corrected chi connectivity index (χ2v) is 8.75. The van der Waals surface area contributed by atoms with Crippen molar-refractivity contribution >= 4 is 8.56 Å². The summed E-state index contributed by atoms with van der Waals surface area (Å²) in [6, 6.07) is 6.33. The quantitative estimate of drug-likeness (QED) is 0.458. The summed E-state index contributed by atoms with van der Waals surface area (Å²) in [5.74, 6) is 0. The lowest BCUT2D eigenvalue weighted by Crippen LogP contribution is -2.38. The average Bonchev–Trinajstić information content (AvgIpc) is 2.44. The van der Waals surface area contributed by atoms with Crippen molar-refractivity contribution in [1.82, 2.24) is 0 Å². The molecule has 0 unspecified atom stereocenters. The van der Waals surface area contributed by atoms with Gasteiger partial charge in [0.1, 0.15) is 0 Å². The minimum atomic E-state index is -4.26. The third kappa shape index (κ3) is 6.50. The van der Waals surface area contributed by atoms with Gasteiger partial charge >= 0.3 is 14.7 Å². The Balaban J connectivity index is 2.41. The molecule has 0 heterocycles. The van der Waals surface area contributed by atoms with Gasteiger partial charge in [-0.1, -0.05) is 18.6 Å². The SMILES string of the molecule is CCO[Si](C)(CCCCc1ccc(C(F)(F)F)cc1)OCC. The molecule has 0 spiro atoms. The second kappa shape index (κ2) is 8.69. The van der Waals surface area contributed by atoms with Gasteiger partial charge in [0, 0.05) is 13.2 Å². The van der Waals surface area contributed by atoms with Crippen LogP contribution in [0.15, 0.2) is 24.3 Å². The van der Waals surface area contributed by atoms with Gasteiger partial charge < -0.3 is 8.85 Å². The summed E-state index contributed by atoms with van der Waals surface area (Å²) >= 11 is 0. The summed E-state index contributed by atoms with van der Waals surface area (Å²) < 4.78 is 49.0. The maximum absolute atomic E-state index is 12.5. The van der Waals surface area contributed by atoms with Crippen molar-refractivity contribution in [2.45, 2.75) is 51.9 Å². The maximum atomic E-state index is 12.5. The van der Waals surface area contributed by atoms with Crippen LogP contribution in [0.2, 0.25) is 12.6 Å². The van der Waals surface area contributed by atoms with E-state index in [2.05, 4.69) is 6.55 Å². The number of alkyl halides is 3. The van der Waals surface area contributed by atoms with Gasteiger partial charge in [0.2, 0.25) is 0 Å². The molecule has 0 aliphatic rings. The summed E-state index contributed by atoms with van der Waals surface area (Å²) in [4.78, 5) is 0. The van der Waals surface area contributed by atoms with Crippen LogP contribution >= 0.6 is 0 Å². The average molecular weight is 334 g/mol. The number of aryl methyl sites for hydroxylation is 1. The van der Waals surface area contributed by atoms with E-state index in [0.29, 0.717) is 13.2 Å². The first kappa shape index (κ1) is 19.2. The van der Waals surface area contributed by atoms with Crippen molar-refractivity contribution in [3.05, 3.63) is 35.4 Å². The highest BCUT2D eigenvalue weighted by atomic mass is 28.4. The van der Waals surface area contributed by atoms with E-state index in [1.807, 2.05) is 13.8 Å². The number of hydrogen-bond donors (Lipinski definition) is 0. The molecule has 0 aromatic heterocycles. The van der Waals surface area contributed by atoms with Gasteiger partial charge in [-0.15, -0.1) is 0 Å². The van der Waals surface area contributed by atoms with E-state index in [1.54, 1.807) is 12.1 Å². The molecule has 0 amide bonds. The van der Waals surface area contributed by atoms with Gasteiger partial charge in [-0.05, 0) is 57.0 Å². The van der Waals surface area contributed by atoms with Crippen molar-refractivity contribution < 1.29 is 22.0 Å². The van der Waals surface area contributed by atoms with E-state index in [9.17, 15) is 13.2 Å². The molecular formula is C16H25F3O2Si. The van der Waals surface area contributed by atoms with Gasteiger partial charge in [-0.3, -0.25) is 0 Å². The molecule has 126 valence electrons. The van der Waals surface area contributed by atoms with Crippen molar-refractivity contribution in [2.24, 2.45) is 0 Å². The first-order chi connectivity index (χ1) is 10.3. The second-order valence-electron chi connectivity index (χ2n) is 5.40. The zero-order valence-corrected chi connectivity index (χ0v) is 14.5. The molecule has 0 aliphatic heterocycles. The molecule has 0 saturated carbocycles. The topological polar surface area (TPSA) is 18.5 Å². The Morgan fingerprint density at radius 3 is 1.95 bits per heavy atom. The van der Waals surface area contributed by atoms with E-state index < -0.39 is 20.3 Å². The minimum Gasteiger partial charge on any atom is -0.395 e. The number of benzene rings is 1. The Labute approximate surface area is 131 Å². The predicted molar refractivity (Wildman–Crippen MR) is 84.1 cm³/mol. The van der Waals surface area contributed by atoms with Crippen molar-refractivity contribution in [2.75, 3.05) is 13.2 Å². The lowest BCUT2D eigenvalue weighted by molar-refractivity contribution is -0.137. The third-order valence-electron chi connectivity index (χ3n) is 3.53. The van der Waals surface area contributed by atoms with Gasteiger partial charge in [-0.2, -0.15) is 13.2 Å². The molecule has 1 aromatic rings. The van der Waals surface area contributed by atoms with Crippen LogP contribution in [0.25, 0.3) is 0 Å². The van der Waals surface area contributed by atoms with Crippen molar-refractivity contribution in [3.63, 3.8) is 0 Å². The molecule has 22 heavy (non-hydrogen) atoms. The maximum Gasteiger partial charge on any atom is 0.416 e. The van der Waals surface area contributed by atoms with E-state index in [0.717, 1.165) is 43.0 Å².